The van der Waals surface area contributed by atoms with Crippen LogP contribution in [0.2, 0.25) is 0 Å². The smallest absolute Gasteiger partial charge is 0.254 e. The lowest BCUT2D eigenvalue weighted by Crippen LogP contribution is -2.41. The van der Waals surface area contributed by atoms with Gasteiger partial charge in [-0.3, -0.25) is 4.79 Å². The molecule has 0 bridgehead atoms. The fraction of sp³-hybridized carbons (Fsp3) is 0.526. The maximum absolute atomic E-state index is 13.0. The highest BCUT2D eigenvalue weighted by molar-refractivity contribution is 5.96. The van der Waals surface area contributed by atoms with Gasteiger partial charge in [-0.2, -0.15) is 0 Å². The lowest BCUT2D eigenvalue weighted by molar-refractivity contribution is 0.0678. The third-order valence-corrected chi connectivity index (χ3v) is 4.93. The highest BCUT2D eigenvalue weighted by Gasteiger charge is 2.30. The summed E-state index contributed by atoms with van der Waals surface area (Å²) in [5.74, 6) is 2.31. The van der Waals surface area contributed by atoms with Crippen LogP contribution in [-0.4, -0.2) is 32.1 Å². The van der Waals surface area contributed by atoms with Crippen LogP contribution in [0.1, 0.15) is 71.4 Å². The number of fused-ring (bicyclic) bond motifs is 1. The molecule has 3 rings (SSSR count). The molecule has 0 saturated heterocycles. The molecule has 5 nitrogen and oxygen atoms in total. The van der Waals surface area contributed by atoms with E-state index >= 15 is 0 Å². The number of aromatic nitrogens is 3. The van der Waals surface area contributed by atoms with Gasteiger partial charge >= 0.3 is 0 Å². The Balaban J connectivity index is 1.92. The van der Waals surface area contributed by atoms with Gasteiger partial charge in [-0.25, -0.2) is 0 Å². The first-order valence-electron chi connectivity index (χ1n) is 8.60. The Kier molecular flexibility index (Phi) is 4.20. The first kappa shape index (κ1) is 16.7. The Hall–Kier alpha value is -2.17. The van der Waals surface area contributed by atoms with Gasteiger partial charge in [0.1, 0.15) is 5.82 Å². The van der Waals surface area contributed by atoms with Crippen LogP contribution in [0.5, 0.6) is 0 Å². The van der Waals surface area contributed by atoms with E-state index in [1.54, 1.807) is 0 Å². The number of hydrogen-bond donors (Lipinski definition) is 0. The van der Waals surface area contributed by atoms with Crippen molar-refractivity contribution < 1.29 is 4.79 Å². The third-order valence-electron chi connectivity index (χ3n) is 4.93. The van der Waals surface area contributed by atoms with Gasteiger partial charge in [-0.1, -0.05) is 19.9 Å². The molecule has 2 heterocycles. The molecular formula is C19H26N4O. The second-order valence-corrected chi connectivity index (χ2v) is 7.29. The Morgan fingerprint density at radius 3 is 2.46 bits per heavy atom. The SMILES string of the molecule is Cc1cc(C)c(C(=O)N2Cc3nnc(C(C)C)n3[C@@H](C)C2)cc1C. The van der Waals surface area contributed by atoms with Crippen molar-refractivity contribution in [2.75, 3.05) is 6.54 Å². The first-order chi connectivity index (χ1) is 11.3. The number of benzene rings is 1. The number of rotatable bonds is 2. The van der Waals surface area contributed by atoms with Crippen LogP contribution in [-0.2, 0) is 6.54 Å². The minimum absolute atomic E-state index is 0.0859. The Labute approximate surface area is 143 Å². The number of carbonyl (C=O) groups is 1. The van der Waals surface area contributed by atoms with Crippen LogP contribution >= 0.6 is 0 Å². The molecule has 0 saturated carbocycles. The Morgan fingerprint density at radius 1 is 1.12 bits per heavy atom. The molecule has 0 fully saturated rings. The zero-order valence-corrected chi connectivity index (χ0v) is 15.4. The van der Waals surface area contributed by atoms with Gasteiger partial charge in [0.2, 0.25) is 0 Å². The number of nitrogens with zero attached hydrogens (tertiary/aromatic N) is 4. The molecule has 0 aliphatic carbocycles. The Morgan fingerprint density at radius 2 is 1.79 bits per heavy atom. The molecule has 2 aromatic rings. The summed E-state index contributed by atoms with van der Waals surface area (Å²) in [6.45, 7) is 13.7. The molecule has 1 aromatic heterocycles. The summed E-state index contributed by atoms with van der Waals surface area (Å²) in [7, 11) is 0. The number of amides is 1. The third kappa shape index (κ3) is 2.72. The summed E-state index contributed by atoms with van der Waals surface area (Å²) >= 11 is 0. The molecule has 0 unspecified atom stereocenters. The molecule has 24 heavy (non-hydrogen) atoms. The van der Waals surface area contributed by atoms with Gasteiger partial charge in [0.25, 0.3) is 5.91 Å². The fourth-order valence-corrected chi connectivity index (χ4v) is 3.47. The summed E-state index contributed by atoms with van der Waals surface area (Å²) in [5, 5.41) is 8.66. The monoisotopic (exact) mass is 326 g/mol. The highest BCUT2D eigenvalue weighted by Crippen LogP contribution is 2.27. The molecule has 1 aliphatic heterocycles. The zero-order valence-electron chi connectivity index (χ0n) is 15.4. The van der Waals surface area contributed by atoms with E-state index in [4.69, 9.17) is 0 Å². The van der Waals surface area contributed by atoms with Gasteiger partial charge in [0, 0.05) is 18.0 Å². The average Bonchev–Trinajstić information content (AvgIpc) is 2.95. The van der Waals surface area contributed by atoms with Gasteiger partial charge in [-0.05, 0) is 50.5 Å². The summed E-state index contributed by atoms with van der Waals surface area (Å²) < 4.78 is 2.20. The fourth-order valence-electron chi connectivity index (χ4n) is 3.47. The highest BCUT2D eigenvalue weighted by atomic mass is 16.2. The van der Waals surface area contributed by atoms with Crippen molar-refractivity contribution >= 4 is 5.91 Å². The second-order valence-electron chi connectivity index (χ2n) is 7.29. The lowest BCUT2D eigenvalue weighted by atomic mass is 9.99. The van der Waals surface area contributed by atoms with E-state index in [9.17, 15) is 4.79 Å². The van der Waals surface area contributed by atoms with Gasteiger partial charge in [0.15, 0.2) is 5.82 Å². The molecule has 128 valence electrons. The topological polar surface area (TPSA) is 51.0 Å². The van der Waals surface area contributed by atoms with Crippen molar-refractivity contribution in [1.29, 1.82) is 0 Å². The van der Waals surface area contributed by atoms with Gasteiger partial charge < -0.3 is 9.47 Å². The minimum atomic E-state index is 0.0859. The maximum Gasteiger partial charge on any atom is 0.254 e. The Bertz CT molecular complexity index is 791. The van der Waals surface area contributed by atoms with Crippen molar-refractivity contribution in [1.82, 2.24) is 19.7 Å². The van der Waals surface area contributed by atoms with E-state index in [1.165, 1.54) is 5.56 Å². The van der Waals surface area contributed by atoms with Crippen LogP contribution < -0.4 is 0 Å². The van der Waals surface area contributed by atoms with E-state index < -0.39 is 0 Å². The van der Waals surface area contributed by atoms with E-state index in [0.29, 0.717) is 19.0 Å². The van der Waals surface area contributed by atoms with Gasteiger partial charge in [0.05, 0.1) is 12.6 Å². The molecule has 1 aliphatic rings. The normalized spacial score (nSPS) is 17.3. The average molecular weight is 326 g/mol. The van der Waals surface area contributed by atoms with E-state index in [1.807, 2.05) is 17.9 Å². The molecule has 1 aromatic carbocycles. The van der Waals surface area contributed by atoms with E-state index in [-0.39, 0.29) is 11.9 Å². The van der Waals surface area contributed by atoms with E-state index in [2.05, 4.69) is 55.4 Å². The first-order valence-corrected chi connectivity index (χ1v) is 8.60. The minimum Gasteiger partial charge on any atom is -0.329 e. The summed E-state index contributed by atoms with van der Waals surface area (Å²) in [5.41, 5.74) is 4.20. The maximum atomic E-state index is 13.0. The number of hydrogen-bond acceptors (Lipinski definition) is 3. The van der Waals surface area contributed by atoms with E-state index in [0.717, 1.165) is 28.3 Å². The predicted molar refractivity (Wildman–Crippen MR) is 94.2 cm³/mol. The predicted octanol–water partition coefficient (Wildman–Crippen LogP) is 3.54. The largest absolute Gasteiger partial charge is 0.329 e. The number of aryl methyl sites for hydroxylation is 3. The lowest BCUT2D eigenvalue weighted by Gasteiger charge is -2.33. The summed E-state index contributed by atoms with van der Waals surface area (Å²) in [6.07, 6.45) is 0. The number of carbonyl (C=O) groups excluding carboxylic acids is 1. The van der Waals surface area contributed by atoms with Crippen LogP contribution in [0, 0.1) is 20.8 Å². The molecule has 1 atom stereocenters. The van der Waals surface area contributed by atoms with Crippen LogP contribution in [0.25, 0.3) is 0 Å². The van der Waals surface area contributed by atoms with Crippen molar-refractivity contribution in [3.05, 3.63) is 46.0 Å². The van der Waals surface area contributed by atoms with Crippen molar-refractivity contribution in [3.8, 4) is 0 Å². The van der Waals surface area contributed by atoms with Crippen LogP contribution in [0.4, 0.5) is 0 Å². The molecule has 5 heteroatoms. The summed E-state index contributed by atoms with van der Waals surface area (Å²) in [4.78, 5) is 14.9. The molecular weight excluding hydrogens is 300 g/mol. The molecule has 0 spiro atoms. The van der Waals surface area contributed by atoms with Crippen LogP contribution in [0.3, 0.4) is 0 Å². The molecule has 1 amide bonds. The second kappa shape index (κ2) is 6.04. The van der Waals surface area contributed by atoms with Crippen molar-refractivity contribution in [3.63, 3.8) is 0 Å². The quantitative estimate of drug-likeness (QED) is 0.848. The zero-order chi connectivity index (χ0) is 17.6. The molecule has 0 radical (unpaired) electrons. The van der Waals surface area contributed by atoms with Crippen LogP contribution in [0.15, 0.2) is 12.1 Å². The van der Waals surface area contributed by atoms with Gasteiger partial charge in [-0.15, -0.1) is 10.2 Å². The van der Waals surface area contributed by atoms with Crippen molar-refractivity contribution in [2.24, 2.45) is 0 Å². The molecule has 0 N–H and O–H groups in total. The summed E-state index contributed by atoms with van der Waals surface area (Å²) in [6, 6.07) is 4.29. The van der Waals surface area contributed by atoms with Crippen molar-refractivity contribution in [2.45, 2.75) is 60.0 Å². The standard InChI is InChI=1S/C19H26N4O/c1-11(2)18-21-20-17-10-22(9-15(6)23(17)18)19(24)16-8-13(4)12(3)7-14(16)5/h7-8,11,15H,9-10H2,1-6H3/t15-/m0/s1.